The zero-order valence-corrected chi connectivity index (χ0v) is 9.92. The van der Waals surface area contributed by atoms with Gasteiger partial charge in [-0.1, -0.05) is 17.7 Å². The van der Waals surface area contributed by atoms with Crippen LogP contribution in [-0.4, -0.2) is 24.3 Å². The van der Waals surface area contributed by atoms with E-state index in [2.05, 4.69) is 10.2 Å². The maximum absolute atomic E-state index is 6.20. The van der Waals surface area contributed by atoms with Crippen molar-refractivity contribution < 1.29 is 0 Å². The molecule has 0 bridgehead atoms. The Balaban J connectivity index is 2.62. The number of hydrogen-bond donors (Lipinski definition) is 2. The Kier molecular flexibility index (Phi) is 2.75. The van der Waals surface area contributed by atoms with Crippen LogP contribution in [0.25, 0.3) is 11.3 Å². The van der Waals surface area contributed by atoms with E-state index in [4.69, 9.17) is 17.3 Å². The van der Waals surface area contributed by atoms with E-state index in [0.717, 1.165) is 16.9 Å². The molecule has 0 fully saturated rings. The van der Waals surface area contributed by atoms with Gasteiger partial charge in [-0.15, -0.1) is 0 Å². The first-order valence-corrected chi connectivity index (χ1v) is 5.24. The molecule has 0 amide bonds. The van der Waals surface area contributed by atoms with Crippen LogP contribution in [0.2, 0.25) is 5.02 Å². The number of nitrogens with two attached hydrogens (primary N) is 1. The first-order chi connectivity index (χ1) is 7.59. The van der Waals surface area contributed by atoms with Gasteiger partial charge in [-0.05, 0) is 12.1 Å². The Morgan fingerprint density at radius 3 is 2.69 bits per heavy atom. The fourth-order valence-electron chi connectivity index (χ4n) is 1.62. The lowest BCUT2D eigenvalue weighted by molar-refractivity contribution is 1.09. The molecule has 0 spiro atoms. The number of nitrogens with one attached hydrogen (secondary N) is 1. The zero-order valence-electron chi connectivity index (χ0n) is 9.16. The number of hydrogen-bond acceptors (Lipinski definition) is 3. The van der Waals surface area contributed by atoms with E-state index in [0.29, 0.717) is 10.8 Å². The summed E-state index contributed by atoms with van der Waals surface area (Å²) in [5.74, 6) is 0.458. The van der Waals surface area contributed by atoms with E-state index in [1.807, 2.05) is 37.2 Å². The second kappa shape index (κ2) is 4.06. The number of halogens is 1. The Hall–Kier alpha value is -1.68. The monoisotopic (exact) mass is 236 g/mol. The van der Waals surface area contributed by atoms with Gasteiger partial charge in [0.05, 0.1) is 10.7 Å². The zero-order chi connectivity index (χ0) is 11.7. The van der Waals surface area contributed by atoms with E-state index in [1.165, 1.54) is 0 Å². The largest absolute Gasteiger partial charge is 0.382 e. The Morgan fingerprint density at radius 2 is 2.12 bits per heavy atom. The molecule has 2 rings (SSSR count). The van der Waals surface area contributed by atoms with Crippen molar-refractivity contribution in [1.29, 1.82) is 0 Å². The average Bonchev–Trinajstić information content (AvgIpc) is 2.64. The molecule has 2 aromatic rings. The topological polar surface area (TPSA) is 57.9 Å². The molecule has 1 aromatic carbocycles. The van der Waals surface area contributed by atoms with Gasteiger partial charge in [-0.3, -0.25) is 5.10 Å². The number of rotatable bonds is 2. The summed E-state index contributed by atoms with van der Waals surface area (Å²) < 4.78 is 0. The lowest BCUT2D eigenvalue weighted by Crippen LogP contribution is -2.10. The fourth-order valence-corrected chi connectivity index (χ4v) is 1.89. The molecule has 16 heavy (non-hydrogen) atoms. The molecule has 0 saturated heterocycles. The standard InChI is InChI=1S/C11H13ClN4/c1-16(2)9-5-3-4-7(12)11(9)8-6-10(13)15-14-8/h3-6H,1-2H3,(H3,13,14,15). The first kappa shape index (κ1) is 10.8. The minimum absolute atomic E-state index is 0.458. The molecule has 0 saturated carbocycles. The lowest BCUT2D eigenvalue weighted by atomic mass is 10.1. The predicted octanol–water partition coefficient (Wildman–Crippen LogP) is 2.38. The summed E-state index contributed by atoms with van der Waals surface area (Å²) in [5, 5.41) is 7.46. The molecule has 84 valence electrons. The molecule has 0 aliphatic rings. The van der Waals surface area contributed by atoms with Crippen LogP contribution in [0.5, 0.6) is 0 Å². The van der Waals surface area contributed by atoms with Crippen LogP contribution in [0.15, 0.2) is 24.3 Å². The highest BCUT2D eigenvalue weighted by atomic mass is 35.5. The van der Waals surface area contributed by atoms with Gasteiger partial charge >= 0.3 is 0 Å². The van der Waals surface area contributed by atoms with Gasteiger partial charge in [0.25, 0.3) is 0 Å². The molecule has 0 aliphatic heterocycles. The molecular weight excluding hydrogens is 224 g/mol. The van der Waals surface area contributed by atoms with Gasteiger partial charge < -0.3 is 10.6 Å². The summed E-state index contributed by atoms with van der Waals surface area (Å²) in [6, 6.07) is 7.54. The Morgan fingerprint density at radius 1 is 1.38 bits per heavy atom. The van der Waals surface area contributed by atoms with Gasteiger partial charge in [-0.25, -0.2) is 0 Å². The van der Waals surface area contributed by atoms with Crippen molar-refractivity contribution in [2.24, 2.45) is 0 Å². The summed E-state index contributed by atoms with van der Waals surface area (Å²) in [6.07, 6.45) is 0. The first-order valence-electron chi connectivity index (χ1n) is 4.86. The predicted molar refractivity (Wildman–Crippen MR) is 67.8 cm³/mol. The van der Waals surface area contributed by atoms with E-state index in [1.54, 1.807) is 6.07 Å². The van der Waals surface area contributed by atoms with Crippen LogP contribution in [0.3, 0.4) is 0 Å². The summed E-state index contributed by atoms with van der Waals surface area (Å²) in [7, 11) is 3.93. The van der Waals surface area contributed by atoms with E-state index in [-0.39, 0.29) is 0 Å². The molecule has 0 atom stereocenters. The highest BCUT2D eigenvalue weighted by Gasteiger charge is 2.12. The number of nitrogens with zero attached hydrogens (tertiary/aromatic N) is 2. The lowest BCUT2D eigenvalue weighted by Gasteiger charge is -2.17. The molecule has 0 unspecified atom stereocenters. The number of aromatic amines is 1. The number of H-pyrrole nitrogens is 1. The number of anilines is 2. The van der Waals surface area contributed by atoms with Crippen LogP contribution >= 0.6 is 11.6 Å². The smallest absolute Gasteiger partial charge is 0.145 e. The molecule has 5 heteroatoms. The molecule has 0 radical (unpaired) electrons. The number of nitrogen functional groups attached to an aromatic ring is 1. The third-order valence-corrected chi connectivity index (χ3v) is 2.66. The van der Waals surface area contributed by atoms with Crippen LogP contribution in [0.1, 0.15) is 0 Å². The van der Waals surface area contributed by atoms with Crippen LogP contribution in [0, 0.1) is 0 Å². The molecular formula is C11H13ClN4. The van der Waals surface area contributed by atoms with Gasteiger partial charge in [0.1, 0.15) is 5.82 Å². The molecule has 1 heterocycles. The normalized spacial score (nSPS) is 10.4. The van der Waals surface area contributed by atoms with Crippen molar-refractivity contribution in [1.82, 2.24) is 10.2 Å². The van der Waals surface area contributed by atoms with Gasteiger partial charge in [0.15, 0.2) is 0 Å². The van der Waals surface area contributed by atoms with E-state index < -0.39 is 0 Å². The highest BCUT2D eigenvalue weighted by molar-refractivity contribution is 6.34. The third kappa shape index (κ3) is 1.84. The Bertz CT molecular complexity index is 504. The molecule has 1 aromatic heterocycles. The maximum Gasteiger partial charge on any atom is 0.145 e. The highest BCUT2D eigenvalue weighted by Crippen LogP contribution is 2.35. The number of benzene rings is 1. The minimum Gasteiger partial charge on any atom is -0.382 e. The molecule has 0 aliphatic carbocycles. The van der Waals surface area contributed by atoms with E-state index in [9.17, 15) is 0 Å². The molecule has 3 N–H and O–H groups in total. The second-order valence-corrected chi connectivity index (χ2v) is 4.14. The summed E-state index contributed by atoms with van der Waals surface area (Å²) >= 11 is 6.20. The fraction of sp³-hybridized carbons (Fsp3) is 0.182. The number of aromatic nitrogens is 2. The van der Waals surface area contributed by atoms with Crippen molar-refractivity contribution in [3.8, 4) is 11.3 Å². The van der Waals surface area contributed by atoms with Crippen LogP contribution < -0.4 is 10.6 Å². The SMILES string of the molecule is CN(C)c1cccc(Cl)c1-c1cc(N)n[nH]1. The second-order valence-electron chi connectivity index (χ2n) is 3.73. The summed E-state index contributed by atoms with van der Waals surface area (Å²) in [6.45, 7) is 0. The van der Waals surface area contributed by atoms with Crippen molar-refractivity contribution in [3.63, 3.8) is 0 Å². The van der Waals surface area contributed by atoms with Crippen molar-refractivity contribution in [3.05, 3.63) is 29.3 Å². The van der Waals surface area contributed by atoms with Crippen molar-refractivity contribution in [2.45, 2.75) is 0 Å². The minimum atomic E-state index is 0.458. The van der Waals surface area contributed by atoms with Gasteiger partial charge in [-0.2, -0.15) is 5.10 Å². The van der Waals surface area contributed by atoms with Crippen molar-refractivity contribution in [2.75, 3.05) is 24.7 Å². The maximum atomic E-state index is 6.20. The average molecular weight is 237 g/mol. The Labute approximate surface area is 99.0 Å². The quantitative estimate of drug-likeness (QED) is 0.842. The van der Waals surface area contributed by atoms with Crippen LogP contribution in [0.4, 0.5) is 11.5 Å². The van der Waals surface area contributed by atoms with Crippen molar-refractivity contribution >= 4 is 23.1 Å². The summed E-state index contributed by atoms with van der Waals surface area (Å²) in [4.78, 5) is 2.00. The van der Waals surface area contributed by atoms with Crippen LogP contribution in [-0.2, 0) is 0 Å². The molecule has 4 nitrogen and oxygen atoms in total. The van der Waals surface area contributed by atoms with Gasteiger partial charge in [0, 0.05) is 31.4 Å². The van der Waals surface area contributed by atoms with Gasteiger partial charge in [0.2, 0.25) is 0 Å². The van der Waals surface area contributed by atoms with E-state index >= 15 is 0 Å². The third-order valence-electron chi connectivity index (χ3n) is 2.34. The summed E-state index contributed by atoms with van der Waals surface area (Å²) in [5.41, 5.74) is 8.36.